The Hall–Kier alpha value is -2.91. The maximum absolute atomic E-state index is 11.4. The van der Waals surface area contributed by atoms with Gasteiger partial charge in [-0.2, -0.15) is 0 Å². The average molecular weight is 323 g/mol. The molecule has 0 aliphatic rings. The Kier molecular flexibility index (Phi) is 5.44. The molecular formula is C14H17N3O6. The standard InChI is InChI=1S/C14H14N2O6.H3N/c17-12(18)11(16-22)6-14(21,13(19)20)5-8-7-15-10-4-2-1-3-9(8)10;/h1-4,7,15,21-22H,5-6H2,(H,17,18)(H,19,20);1H3/b16-11+;. The van der Waals surface area contributed by atoms with Gasteiger partial charge in [0.05, 0.1) is 0 Å². The zero-order chi connectivity index (χ0) is 16.3. The lowest BCUT2D eigenvalue weighted by Gasteiger charge is -2.22. The van der Waals surface area contributed by atoms with E-state index in [4.69, 9.17) is 10.3 Å². The van der Waals surface area contributed by atoms with E-state index in [1.807, 2.05) is 0 Å². The van der Waals surface area contributed by atoms with Gasteiger partial charge in [0.15, 0.2) is 11.3 Å². The van der Waals surface area contributed by atoms with Crippen LogP contribution in [0.25, 0.3) is 10.9 Å². The van der Waals surface area contributed by atoms with Gasteiger partial charge in [-0.05, 0) is 11.6 Å². The first-order valence-corrected chi connectivity index (χ1v) is 6.32. The number of H-pyrrole nitrogens is 1. The van der Waals surface area contributed by atoms with E-state index in [9.17, 15) is 19.8 Å². The number of aliphatic hydroxyl groups is 1. The number of aromatic nitrogens is 1. The SMILES string of the molecule is N.O=C(O)/C(CC(O)(Cc1c[nH]c2ccccc12)C(=O)O)=N/O. The number of oxime groups is 1. The number of benzene rings is 1. The minimum absolute atomic E-state index is 0. The summed E-state index contributed by atoms with van der Waals surface area (Å²) in [6, 6.07) is 7.10. The lowest BCUT2D eigenvalue weighted by molar-refractivity contribution is -0.157. The molecule has 0 radical (unpaired) electrons. The maximum Gasteiger partial charge on any atom is 0.353 e. The van der Waals surface area contributed by atoms with E-state index in [2.05, 4.69) is 10.1 Å². The number of carboxylic acid groups (broad SMARTS) is 2. The fourth-order valence-corrected chi connectivity index (χ4v) is 2.24. The van der Waals surface area contributed by atoms with Crippen LogP contribution in [-0.2, 0) is 16.0 Å². The van der Waals surface area contributed by atoms with Gasteiger partial charge in [0.25, 0.3) is 0 Å². The third-order valence-corrected chi connectivity index (χ3v) is 3.38. The third kappa shape index (κ3) is 3.65. The number of hydrogen-bond acceptors (Lipinski definition) is 6. The first-order valence-electron chi connectivity index (χ1n) is 6.32. The van der Waals surface area contributed by atoms with Crippen molar-refractivity contribution >= 4 is 28.6 Å². The monoisotopic (exact) mass is 323 g/mol. The van der Waals surface area contributed by atoms with Crippen LogP contribution in [0.1, 0.15) is 12.0 Å². The number of nitrogens with one attached hydrogen (secondary N) is 1. The van der Waals surface area contributed by atoms with Gasteiger partial charge in [-0.15, -0.1) is 0 Å². The summed E-state index contributed by atoms with van der Waals surface area (Å²) in [4.78, 5) is 25.2. The Bertz CT molecular complexity index is 754. The molecule has 0 amide bonds. The second kappa shape index (κ2) is 6.90. The molecule has 8 N–H and O–H groups in total. The molecule has 1 unspecified atom stereocenters. The molecule has 1 atom stereocenters. The Labute approximate surface area is 130 Å². The van der Waals surface area contributed by atoms with Crippen molar-refractivity contribution in [2.24, 2.45) is 5.16 Å². The van der Waals surface area contributed by atoms with Crippen LogP contribution < -0.4 is 6.15 Å². The first kappa shape index (κ1) is 18.1. The quantitative estimate of drug-likeness (QED) is 0.260. The molecule has 0 fully saturated rings. The van der Waals surface area contributed by atoms with Crippen LogP contribution >= 0.6 is 0 Å². The summed E-state index contributed by atoms with van der Waals surface area (Å²) in [6.45, 7) is 0. The van der Waals surface area contributed by atoms with Gasteiger partial charge in [-0.3, -0.25) is 0 Å². The number of nitrogens with zero attached hydrogens (tertiary/aromatic N) is 1. The Balaban J connectivity index is 0.00000264. The molecule has 2 aromatic rings. The molecule has 1 aromatic carbocycles. The van der Waals surface area contributed by atoms with Gasteiger partial charge in [0, 0.05) is 29.9 Å². The smallest absolute Gasteiger partial charge is 0.353 e. The minimum atomic E-state index is -2.40. The second-order valence-electron chi connectivity index (χ2n) is 4.90. The Morgan fingerprint density at radius 2 is 1.87 bits per heavy atom. The first-order chi connectivity index (χ1) is 10.4. The second-order valence-corrected chi connectivity index (χ2v) is 4.90. The van der Waals surface area contributed by atoms with Gasteiger partial charge < -0.3 is 31.7 Å². The lowest BCUT2D eigenvalue weighted by Crippen LogP contribution is -2.44. The summed E-state index contributed by atoms with van der Waals surface area (Å²) in [7, 11) is 0. The number of aromatic amines is 1. The van der Waals surface area contributed by atoms with E-state index < -0.39 is 29.7 Å². The van der Waals surface area contributed by atoms with Crippen LogP contribution in [0.5, 0.6) is 0 Å². The fraction of sp³-hybridized carbons (Fsp3) is 0.214. The van der Waals surface area contributed by atoms with Crippen LogP contribution in [0.4, 0.5) is 0 Å². The molecule has 9 heteroatoms. The number of rotatable bonds is 6. The van der Waals surface area contributed by atoms with E-state index in [0.717, 1.165) is 10.9 Å². The molecule has 0 saturated carbocycles. The molecule has 9 nitrogen and oxygen atoms in total. The number of carboxylic acids is 2. The Morgan fingerprint density at radius 1 is 1.22 bits per heavy atom. The number of para-hydroxylation sites is 1. The van der Waals surface area contributed by atoms with E-state index in [-0.39, 0.29) is 12.6 Å². The molecule has 0 aliphatic heterocycles. The zero-order valence-electron chi connectivity index (χ0n) is 12.1. The van der Waals surface area contributed by atoms with Crippen LogP contribution in [0.15, 0.2) is 35.6 Å². The van der Waals surface area contributed by atoms with Gasteiger partial charge >= 0.3 is 11.9 Å². The van der Waals surface area contributed by atoms with Crippen molar-refractivity contribution in [1.29, 1.82) is 0 Å². The predicted molar refractivity (Wildman–Crippen MR) is 81.1 cm³/mol. The predicted octanol–water partition coefficient (Wildman–Crippen LogP) is 0.993. The summed E-state index contributed by atoms with van der Waals surface area (Å²) in [5.74, 6) is -3.19. The van der Waals surface area contributed by atoms with Gasteiger partial charge in [-0.1, -0.05) is 23.4 Å². The molecule has 124 valence electrons. The van der Waals surface area contributed by atoms with E-state index >= 15 is 0 Å². The van der Waals surface area contributed by atoms with Crippen molar-refractivity contribution in [2.75, 3.05) is 0 Å². The van der Waals surface area contributed by atoms with Crippen molar-refractivity contribution in [3.63, 3.8) is 0 Å². The summed E-state index contributed by atoms with van der Waals surface area (Å²) in [6.07, 6.45) is 0.390. The molecule has 0 bridgehead atoms. The van der Waals surface area contributed by atoms with Gasteiger partial charge in [0.1, 0.15) is 0 Å². The van der Waals surface area contributed by atoms with E-state index in [0.29, 0.717) is 5.56 Å². The highest BCUT2D eigenvalue weighted by atomic mass is 16.4. The van der Waals surface area contributed by atoms with Crippen LogP contribution in [-0.4, -0.2) is 48.8 Å². The summed E-state index contributed by atoms with van der Waals surface area (Å²) in [5.41, 5.74) is -1.95. The zero-order valence-corrected chi connectivity index (χ0v) is 12.1. The largest absolute Gasteiger partial charge is 0.479 e. The number of hydrogen-bond donors (Lipinski definition) is 6. The molecule has 23 heavy (non-hydrogen) atoms. The van der Waals surface area contributed by atoms with Gasteiger partial charge in [0.2, 0.25) is 0 Å². The Morgan fingerprint density at radius 3 is 2.43 bits per heavy atom. The molecule has 0 aliphatic carbocycles. The molecule has 1 aromatic heterocycles. The van der Waals surface area contributed by atoms with Crippen molar-refractivity contribution in [3.8, 4) is 0 Å². The highest BCUT2D eigenvalue weighted by Gasteiger charge is 2.40. The molecule has 0 spiro atoms. The van der Waals surface area contributed by atoms with Crippen molar-refractivity contribution < 1.29 is 30.1 Å². The molecule has 2 rings (SSSR count). The topological polar surface area (TPSA) is 178 Å². The average Bonchev–Trinajstić information content (AvgIpc) is 2.87. The van der Waals surface area contributed by atoms with Crippen molar-refractivity contribution in [1.82, 2.24) is 11.1 Å². The van der Waals surface area contributed by atoms with Crippen LogP contribution in [0.2, 0.25) is 0 Å². The highest BCUT2D eigenvalue weighted by molar-refractivity contribution is 6.36. The fourth-order valence-electron chi connectivity index (χ4n) is 2.24. The summed E-state index contributed by atoms with van der Waals surface area (Å²) in [5, 5.41) is 40.2. The maximum atomic E-state index is 11.4. The molecular weight excluding hydrogens is 306 g/mol. The van der Waals surface area contributed by atoms with Crippen molar-refractivity contribution in [3.05, 3.63) is 36.0 Å². The summed E-state index contributed by atoms with van der Waals surface area (Å²) >= 11 is 0. The number of aliphatic carboxylic acids is 2. The summed E-state index contributed by atoms with van der Waals surface area (Å²) < 4.78 is 0. The van der Waals surface area contributed by atoms with E-state index in [1.54, 1.807) is 30.5 Å². The van der Waals surface area contributed by atoms with Crippen LogP contribution in [0, 0.1) is 0 Å². The van der Waals surface area contributed by atoms with Crippen LogP contribution in [0.3, 0.4) is 0 Å². The lowest BCUT2D eigenvalue weighted by atomic mass is 9.89. The number of carbonyl (C=O) groups is 2. The molecule has 0 saturated heterocycles. The third-order valence-electron chi connectivity index (χ3n) is 3.38. The van der Waals surface area contributed by atoms with E-state index in [1.165, 1.54) is 0 Å². The highest BCUT2D eigenvalue weighted by Crippen LogP contribution is 2.25. The normalized spacial score (nSPS) is 14.0. The molecule has 1 heterocycles. The van der Waals surface area contributed by atoms with Crippen molar-refractivity contribution in [2.45, 2.75) is 18.4 Å². The minimum Gasteiger partial charge on any atom is -0.479 e. The van der Waals surface area contributed by atoms with Gasteiger partial charge in [-0.25, -0.2) is 9.59 Å². The number of fused-ring (bicyclic) bond motifs is 1.